The van der Waals surface area contributed by atoms with E-state index >= 15 is 0 Å². The van der Waals surface area contributed by atoms with E-state index < -0.39 is 5.97 Å². The zero-order valence-corrected chi connectivity index (χ0v) is 9.32. The van der Waals surface area contributed by atoms with Gasteiger partial charge in [-0.15, -0.1) is 11.3 Å². The van der Waals surface area contributed by atoms with E-state index in [0.717, 1.165) is 10.6 Å². The van der Waals surface area contributed by atoms with E-state index in [4.69, 9.17) is 5.11 Å². The van der Waals surface area contributed by atoms with Gasteiger partial charge in [-0.25, -0.2) is 9.78 Å². The van der Waals surface area contributed by atoms with Gasteiger partial charge in [-0.3, -0.25) is 0 Å². The molecule has 1 aromatic heterocycles. The van der Waals surface area contributed by atoms with Gasteiger partial charge in [0.1, 0.15) is 10.8 Å². The van der Waals surface area contributed by atoms with E-state index in [1.165, 1.54) is 18.4 Å². The Morgan fingerprint density at radius 3 is 2.69 bits per heavy atom. The van der Waals surface area contributed by atoms with Crippen LogP contribution < -0.4 is 0 Å². The molecule has 5 heteroatoms. The summed E-state index contributed by atoms with van der Waals surface area (Å²) in [7, 11) is 1.32. The predicted octanol–water partition coefficient (Wildman–Crippen LogP) is 2.30. The zero-order valence-electron chi connectivity index (χ0n) is 8.51. The minimum Gasteiger partial charge on any atom is -0.508 e. The molecule has 0 bridgehead atoms. The van der Waals surface area contributed by atoms with Gasteiger partial charge in [-0.05, 0) is 24.3 Å². The summed E-state index contributed by atoms with van der Waals surface area (Å²) in [4.78, 5) is 15.3. The number of carbonyl (C=O) groups is 1. The molecule has 2 aromatic rings. The van der Waals surface area contributed by atoms with Crippen molar-refractivity contribution in [2.24, 2.45) is 0 Å². The van der Waals surface area contributed by atoms with E-state index in [-0.39, 0.29) is 5.75 Å². The normalized spacial score (nSPS) is 10.1. The van der Waals surface area contributed by atoms with Crippen LogP contribution in [0.2, 0.25) is 0 Å². The highest BCUT2D eigenvalue weighted by Gasteiger charge is 2.11. The highest BCUT2D eigenvalue weighted by atomic mass is 32.1. The number of hydrogen-bond donors (Lipinski definition) is 1. The second-order valence-electron chi connectivity index (χ2n) is 3.08. The molecule has 0 saturated heterocycles. The Kier molecular flexibility index (Phi) is 2.87. The van der Waals surface area contributed by atoms with E-state index in [1.54, 1.807) is 29.6 Å². The van der Waals surface area contributed by atoms with Gasteiger partial charge in [0.25, 0.3) is 0 Å². The van der Waals surface area contributed by atoms with E-state index in [9.17, 15) is 4.79 Å². The highest BCUT2D eigenvalue weighted by Crippen LogP contribution is 2.25. The second-order valence-corrected chi connectivity index (χ2v) is 3.93. The number of aromatic hydroxyl groups is 1. The smallest absolute Gasteiger partial charge is 0.357 e. The molecule has 0 fully saturated rings. The molecule has 0 atom stereocenters. The molecule has 0 unspecified atom stereocenters. The Morgan fingerprint density at radius 1 is 1.38 bits per heavy atom. The lowest BCUT2D eigenvalue weighted by Crippen LogP contribution is -2.00. The maximum absolute atomic E-state index is 11.2. The predicted molar refractivity (Wildman–Crippen MR) is 60.6 cm³/mol. The SMILES string of the molecule is COC(=O)c1csc(-c2ccc(O)cc2)n1. The molecule has 16 heavy (non-hydrogen) atoms. The average molecular weight is 235 g/mol. The number of benzene rings is 1. The molecule has 0 amide bonds. The Bertz CT molecular complexity index is 504. The van der Waals surface area contributed by atoms with Crippen LogP contribution in [0.15, 0.2) is 29.6 Å². The molecule has 0 saturated carbocycles. The van der Waals surface area contributed by atoms with Crippen molar-refractivity contribution in [3.05, 3.63) is 35.3 Å². The molecule has 2 rings (SSSR count). The molecular formula is C11H9NO3S. The van der Waals surface area contributed by atoms with Crippen molar-refractivity contribution in [3.8, 4) is 16.3 Å². The summed E-state index contributed by atoms with van der Waals surface area (Å²) in [5, 5.41) is 11.5. The highest BCUT2D eigenvalue weighted by molar-refractivity contribution is 7.13. The van der Waals surface area contributed by atoms with E-state index in [0.29, 0.717) is 5.69 Å². The van der Waals surface area contributed by atoms with Crippen LogP contribution in [0, 0.1) is 0 Å². The van der Waals surface area contributed by atoms with Crippen molar-refractivity contribution in [1.29, 1.82) is 0 Å². The maximum atomic E-state index is 11.2. The summed E-state index contributed by atoms with van der Waals surface area (Å²) in [6.45, 7) is 0. The zero-order chi connectivity index (χ0) is 11.5. The molecule has 0 aliphatic heterocycles. The van der Waals surface area contributed by atoms with Crippen LogP contribution >= 0.6 is 11.3 Å². The first kappa shape index (κ1) is 10.6. The number of carbonyl (C=O) groups excluding carboxylic acids is 1. The fourth-order valence-corrected chi connectivity index (χ4v) is 2.00. The molecule has 0 aliphatic rings. The van der Waals surface area contributed by atoms with Gasteiger partial charge in [-0.1, -0.05) is 0 Å². The quantitative estimate of drug-likeness (QED) is 0.811. The largest absolute Gasteiger partial charge is 0.508 e. The third-order valence-electron chi connectivity index (χ3n) is 2.01. The molecular weight excluding hydrogens is 226 g/mol. The number of hydrogen-bond acceptors (Lipinski definition) is 5. The van der Waals surface area contributed by atoms with E-state index in [1.807, 2.05) is 0 Å². The van der Waals surface area contributed by atoms with Crippen LogP contribution in [-0.4, -0.2) is 23.2 Å². The van der Waals surface area contributed by atoms with Gasteiger partial charge in [0.2, 0.25) is 0 Å². The van der Waals surface area contributed by atoms with E-state index in [2.05, 4.69) is 9.72 Å². The molecule has 82 valence electrons. The Hall–Kier alpha value is -1.88. The van der Waals surface area contributed by atoms with Crippen molar-refractivity contribution in [2.45, 2.75) is 0 Å². The lowest BCUT2D eigenvalue weighted by molar-refractivity contribution is 0.0595. The summed E-state index contributed by atoms with van der Waals surface area (Å²) in [5.74, 6) is -0.241. The summed E-state index contributed by atoms with van der Waals surface area (Å²) < 4.78 is 4.57. The second kappa shape index (κ2) is 4.32. The van der Waals surface area contributed by atoms with Crippen LogP contribution in [0.3, 0.4) is 0 Å². The van der Waals surface area contributed by atoms with Gasteiger partial charge in [0, 0.05) is 10.9 Å². The first-order valence-electron chi connectivity index (χ1n) is 4.54. The summed E-state index contributed by atoms with van der Waals surface area (Å²) >= 11 is 1.36. The standard InChI is InChI=1S/C11H9NO3S/c1-15-11(14)9-6-16-10(12-9)7-2-4-8(13)5-3-7/h2-6,13H,1H3. The first-order valence-corrected chi connectivity index (χ1v) is 5.42. The van der Waals surface area contributed by atoms with Crippen molar-refractivity contribution in [1.82, 2.24) is 4.98 Å². The summed E-state index contributed by atoms with van der Waals surface area (Å²) in [5.41, 5.74) is 1.16. The summed E-state index contributed by atoms with van der Waals surface area (Å²) in [6.07, 6.45) is 0. The fourth-order valence-electron chi connectivity index (χ4n) is 1.21. The monoisotopic (exact) mass is 235 g/mol. The van der Waals surface area contributed by atoms with Crippen LogP contribution in [0.25, 0.3) is 10.6 Å². The number of phenols is 1. The average Bonchev–Trinajstić information content (AvgIpc) is 2.78. The van der Waals surface area contributed by atoms with Gasteiger partial charge >= 0.3 is 5.97 Å². The number of aromatic nitrogens is 1. The number of esters is 1. The van der Waals surface area contributed by atoms with Crippen molar-refractivity contribution in [2.75, 3.05) is 7.11 Å². The van der Waals surface area contributed by atoms with Gasteiger partial charge in [0.05, 0.1) is 7.11 Å². The fraction of sp³-hybridized carbons (Fsp3) is 0.0909. The number of ether oxygens (including phenoxy) is 1. The minimum atomic E-state index is -0.443. The number of rotatable bonds is 2. The maximum Gasteiger partial charge on any atom is 0.357 e. The van der Waals surface area contributed by atoms with Crippen molar-refractivity contribution in [3.63, 3.8) is 0 Å². The van der Waals surface area contributed by atoms with Crippen LogP contribution in [0.4, 0.5) is 0 Å². The lowest BCUT2D eigenvalue weighted by Gasteiger charge is -1.96. The lowest BCUT2D eigenvalue weighted by atomic mass is 10.2. The number of nitrogens with zero attached hydrogens (tertiary/aromatic N) is 1. The third kappa shape index (κ3) is 2.04. The van der Waals surface area contributed by atoms with Crippen LogP contribution in [0.1, 0.15) is 10.5 Å². The topological polar surface area (TPSA) is 59.4 Å². The summed E-state index contributed by atoms with van der Waals surface area (Å²) in [6, 6.07) is 6.65. The van der Waals surface area contributed by atoms with Gasteiger partial charge in [-0.2, -0.15) is 0 Å². The molecule has 1 heterocycles. The minimum absolute atomic E-state index is 0.202. The Morgan fingerprint density at radius 2 is 2.06 bits per heavy atom. The van der Waals surface area contributed by atoms with Crippen molar-refractivity contribution < 1.29 is 14.6 Å². The number of phenolic OH excluding ortho intramolecular Hbond substituents is 1. The van der Waals surface area contributed by atoms with Gasteiger partial charge in [0.15, 0.2) is 5.69 Å². The van der Waals surface area contributed by atoms with Crippen molar-refractivity contribution >= 4 is 17.3 Å². The Labute approximate surface area is 96.1 Å². The molecule has 1 N–H and O–H groups in total. The molecule has 0 aliphatic carbocycles. The first-order chi connectivity index (χ1) is 7.70. The third-order valence-corrected chi connectivity index (χ3v) is 2.90. The number of methoxy groups -OCH3 is 1. The Balaban J connectivity index is 2.31. The molecule has 1 aromatic carbocycles. The van der Waals surface area contributed by atoms with Gasteiger partial charge < -0.3 is 9.84 Å². The molecule has 0 spiro atoms. The van der Waals surface area contributed by atoms with Crippen LogP contribution in [-0.2, 0) is 4.74 Å². The van der Waals surface area contributed by atoms with Crippen LogP contribution in [0.5, 0.6) is 5.75 Å². The number of thiazole rings is 1. The molecule has 4 nitrogen and oxygen atoms in total. The molecule has 0 radical (unpaired) electrons.